The molecule has 1 aliphatic heterocycles. The van der Waals surface area contributed by atoms with E-state index in [9.17, 15) is 0 Å². The van der Waals surface area contributed by atoms with Crippen LogP contribution in [0.3, 0.4) is 0 Å². The number of nitrogens with zero attached hydrogens (tertiary/aromatic N) is 1. The fourth-order valence-corrected chi connectivity index (χ4v) is 1.56. The first-order valence-electron chi connectivity index (χ1n) is 3.71. The van der Waals surface area contributed by atoms with Crippen LogP contribution in [-0.4, -0.2) is 35.7 Å². The van der Waals surface area contributed by atoms with Crippen LogP contribution in [0, 0.1) is 5.92 Å². The molecule has 1 N–H and O–H groups in total. The minimum atomic E-state index is -0.631. The zero-order valence-electron chi connectivity index (χ0n) is 6.26. The number of rotatable bonds is 1. The summed E-state index contributed by atoms with van der Waals surface area (Å²) in [7, 11) is 2.09. The van der Waals surface area contributed by atoms with Gasteiger partial charge in [-0.2, -0.15) is 0 Å². The summed E-state index contributed by atoms with van der Waals surface area (Å²) < 4.78 is 0. The normalized spacial score (nSPS) is 26.7. The van der Waals surface area contributed by atoms with E-state index in [-0.39, 0.29) is 0 Å². The lowest BCUT2D eigenvalue weighted by molar-refractivity contribution is 0.121. The molecule has 0 bridgehead atoms. The highest BCUT2D eigenvalue weighted by Gasteiger charge is 2.21. The standard InChI is InChI=1S/C7H14ClNO/c1-9-4-2-6(3-5-9)7(8)10/h6-7,10H,2-5H2,1H3. The maximum atomic E-state index is 9.01. The van der Waals surface area contributed by atoms with E-state index in [4.69, 9.17) is 16.7 Å². The van der Waals surface area contributed by atoms with Crippen molar-refractivity contribution in [3.63, 3.8) is 0 Å². The van der Waals surface area contributed by atoms with Gasteiger partial charge in [0.05, 0.1) is 0 Å². The van der Waals surface area contributed by atoms with Gasteiger partial charge in [0.1, 0.15) is 5.56 Å². The molecule has 10 heavy (non-hydrogen) atoms. The van der Waals surface area contributed by atoms with Crippen LogP contribution in [0.2, 0.25) is 0 Å². The van der Waals surface area contributed by atoms with Crippen molar-refractivity contribution >= 4 is 11.6 Å². The molecule has 0 aliphatic carbocycles. The maximum Gasteiger partial charge on any atom is 0.130 e. The fraction of sp³-hybridized carbons (Fsp3) is 1.00. The van der Waals surface area contributed by atoms with E-state index < -0.39 is 5.56 Å². The van der Waals surface area contributed by atoms with Gasteiger partial charge in [0.25, 0.3) is 0 Å². The number of hydrogen-bond donors (Lipinski definition) is 1. The van der Waals surface area contributed by atoms with Gasteiger partial charge in [0, 0.05) is 5.92 Å². The van der Waals surface area contributed by atoms with Crippen LogP contribution < -0.4 is 0 Å². The predicted octanol–water partition coefficient (Wildman–Crippen LogP) is 0.885. The molecule has 0 aromatic rings. The van der Waals surface area contributed by atoms with E-state index in [1.54, 1.807) is 0 Å². The van der Waals surface area contributed by atoms with Crippen molar-refractivity contribution < 1.29 is 5.11 Å². The Morgan fingerprint density at radius 2 is 2.00 bits per heavy atom. The largest absolute Gasteiger partial charge is 0.377 e. The van der Waals surface area contributed by atoms with Crippen LogP contribution in [0.25, 0.3) is 0 Å². The Morgan fingerprint density at radius 3 is 2.40 bits per heavy atom. The van der Waals surface area contributed by atoms with E-state index in [1.807, 2.05) is 0 Å². The third-order valence-corrected chi connectivity index (χ3v) is 2.51. The van der Waals surface area contributed by atoms with Crippen molar-refractivity contribution in [3.05, 3.63) is 0 Å². The quantitative estimate of drug-likeness (QED) is 0.581. The summed E-state index contributed by atoms with van der Waals surface area (Å²) in [4.78, 5) is 2.26. The van der Waals surface area contributed by atoms with Crippen molar-refractivity contribution in [3.8, 4) is 0 Å². The summed E-state index contributed by atoms with van der Waals surface area (Å²) in [5.74, 6) is 0.317. The molecule has 1 unspecified atom stereocenters. The second-order valence-corrected chi connectivity index (χ2v) is 3.46. The highest BCUT2D eigenvalue weighted by atomic mass is 35.5. The summed E-state index contributed by atoms with van der Waals surface area (Å²) in [6.07, 6.45) is 2.06. The molecule has 0 radical (unpaired) electrons. The van der Waals surface area contributed by atoms with Crippen LogP contribution in [0.4, 0.5) is 0 Å². The molecule has 0 saturated carbocycles. The van der Waals surface area contributed by atoms with Gasteiger partial charge in [-0.3, -0.25) is 0 Å². The second-order valence-electron chi connectivity index (χ2n) is 3.01. The van der Waals surface area contributed by atoms with Gasteiger partial charge < -0.3 is 10.0 Å². The van der Waals surface area contributed by atoms with E-state index in [0.29, 0.717) is 5.92 Å². The minimum absolute atomic E-state index is 0.317. The summed E-state index contributed by atoms with van der Waals surface area (Å²) in [5, 5.41) is 9.01. The van der Waals surface area contributed by atoms with Gasteiger partial charge >= 0.3 is 0 Å². The van der Waals surface area contributed by atoms with Gasteiger partial charge in [0.15, 0.2) is 0 Å². The summed E-state index contributed by atoms with van der Waals surface area (Å²) in [5.41, 5.74) is -0.631. The first kappa shape index (κ1) is 8.31. The third-order valence-electron chi connectivity index (χ3n) is 2.15. The van der Waals surface area contributed by atoms with Crippen molar-refractivity contribution in [2.75, 3.05) is 20.1 Å². The molecule has 1 heterocycles. The Labute approximate surface area is 66.8 Å². The molecule has 1 rings (SSSR count). The van der Waals surface area contributed by atoms with E-state index in [1.165, 1.54) is 0 Å². The topological polar surface area (TPSA) is 23.5 Å². The monoisotopic (exact) mass is 163 g/mol. The molecule has 0 aromatic carbocycles. The number of aliphatic hydroxyl groups excluding tert-OH is 1. The molecule has 0 amide bonds. The fourth-order valence-electron chi connectivity index (χ4n) is 1.30. The number of hydrogen-bond acceptors (Lipinski definition) is 2. The van der Waals surface area contributed by atoms with Gasteiger partial charge in [-0.1, -0.05) is 11.6 Å². The summed E-state index contributed by atoms with van der Waals surface area (Å²) in [6, 6.07) is 0. The van der Waals surface area contributed by atoms with Gasteiger partial charge in [-0.15, -0.1) is 0 Å². The minimum Gasteiger partial charge on any atom is -0.377 e. The maximum absolute atomic E-state index is 9.01. The van der Waals surface area contributed by atoms with Gasteiger partial charge in [-0.05, 0) is 33.0 Å². The summed E-state index contributed by atoms with van der Waals surface area (Å²) >= 11 is 5.54. The lowest BCUT2D eigenvalue weighted by atomic mass is 9.98. The molecule has 1 saturated heterocycles. The number of likely N-dealkylation sites (tertiary alicyclic amines) is 1. The van der Waals surface area contributed by atoms with Crippen LogP contribution in [0.15, 0.2) is 0 Å². The highest BCUT2D eigenvalue weighted by Crippen LogP contribution is 2.21. The number of halogens is 1. The van der Waals surface area contributed by atoms with Crippen LogP contribution in [0.1, 0.15) is 12.8 Å². The second kappa shape index (κ2) is 3.56. The molecule has 60 valence electrons. The highest BCUT2D eigenvalue weighted by molar-refractivity contribution is 6.19. The Morgan fingerprint density at radius 1 is 1.50 bits per heavy atom. The molecule has 1 fully saturated rings. The smallest absolute Gasteiger partial charge is 0.130 e. The lowest BCUT2D eigenvalue weighted by Gasteiger charge is -2.29. The average molecular weight is 164 g/mol. The molecule has 1 aliphatic rings. The zero-order chi connectivity index (χ0) is 7.56. The van der Waals surface area contributed by atoms with Crippen LogP contribution >= 0.6 is 11.6 Å². The Hall–Kier alpha value is 0.210. The Kier molecular flexibility index (Phi) is 2.96. The number of piperidine rings is 1. The molecular formula is C7H14ClNO. The first-order chi connectivity index (χ1) is 4.70. The molecule has 0 spiro atoms. The number of aliphatic hydroxyl groups is 1. The van der Waals surface area contributed by atoms with Crippen molar-refractivity contribution in [1.82, 2.24) is 4.90 Å². The van der Waals surface area contributed by atoms with E-state index in [2.05, 4.69) is 11.9 Å². The summed E-state index contributed by atoms with van der Waals surface area (Å²) in [6.45, 7) is 2.13. The van der Waals surface area contributed by atoms with Gasteiger partial charge in [-0.25, -0.2) is 0 Å². The predicted molar refractivity (Wildman–Crippen MR) is 42.1 cm³/mol. The van der Waals surface area contributed by atoms with E-state index >= 15 is 0 Å². The molecule has 3 heteroatoms. The first-order valence-corrected chi connectivity index (χ1v) is 4.14. The van der Waals surface area contributed by atoms with Crippen molar-refractivity contribution in [1.29, 1.82) is 0 Å². The van der Waals surface area contributed by atoms with E-state index in [0.717, 1.165) is 25.9 Å². The van der Waals surface area contributed by atoms with Crippen LogP contribution in [0.5, 0.6) is 0 Å². The number of alkyl halides is 1. The van der Waals surface area contributed by atoms with Crippen molar-refractivity contribution in [2.24, 2.45) is 5.92 Å². The molecule has 0 aromatic heterocycles. The van der Waals surface area contributed by atoms with Gasteiger partial charge in [0.2, 0.25) is 0 Å². The van der Waals surface area contributed by atoms with Crippen molar-refractivity contribution in [2.45, 2.75) is 18.4 Å². The lowest BCUT2D eigenvalue weighted by Crippen LogP contribution is -2.33. The SMILES string of the molecule is CN1CCC(C(O)Cl)CC1. The average Bonchev–Trinajstić information content (AvgIpc) is 1.88. The molecular weight excluding hydrogens is 150 g/mol. The third kappa shape index (κ3) is 2.11. The Bertz CT molecular complexity index is 99.8. The zero-order valence-corrected chi connectivity index (χ0v) is 7.01. The molecule has 2 nitrogen and oxygen atoms in total. The van der Waals surface area contributed by atoms with Crippen LogP contribution in [-0.2, 0) is 0 Å². The molecule has 1 atom stereocenters. The Balaban J connectivity index is 2.26.